The van der Waals surface area contributed by atoms with Crippen molar-refractivity contribution in [3.05, 3.63) is 95.1 Å². The molecule has 0 N–H and O–H groups in total. The lowest BCUT2D eigenvalue weighted by molar-refractivity contribution is 0.762. The van der Waals surface area contributed by atoms with Gasteiger partial charge in [-0.25, -0.2) is 0 Å². The summed E-state index contributed by atoms with van der Waals surface area (Å²) >= 11 is 0. The summed E-state index contributed by atoms with van der Waals surface area (Å²) in [5.41, 5.74) is 5.84. The predicted molar refractivity (Wildman–Crippen MR) is 90.3 cm³/mol. The van der Waals surface area contributed by atoms with Crippen LogP contribution in [-0.2, 0) is 0 Å². The number of hydrogen-bond donors (Lipinski definition) is 0. The second-order valence-corrected chi connectivity index (χ2v) is 6.00. The van der Waals surface area contributed by atoms with E-state index in [1.807, 2.05) is 0 Å². The van der Waals surface area contributed by atoms with E-state index >= 15 is 0 Å². The molecule has 0 fully saturated rings. The quantitative estimate of drug-likeness (QED) is 0.667. The SMILES string of the molecule is CC(C)C1=C(C(c2ccccc2)c2ccccc2)CC=C1. The Bertz CT molecular complexity index is 605. The molecule has 0 amide bonds. The highest BCUT2D eigenvalue weighted by Crippen LogP contribution is 2.40. The van der Waals surface area contributed by atoms with Gasteiger partial charge in [-0.1, -0.05) is 92.2 Å². The molecule has 3 rings (SSSR count). The molecule has 0 atom stereocenters. The molecule has 0 saturated heterocycles. The molecule has 0 spiro atoms. The summed E-state index contributed by atoms with van der Waals surface area (Å²) in [4.78, 5) is 0. The Balaban J connectivity index is 2.12. The minimum atomic E-state index is 0.375. The van der Waals surface area contributed by atoms with Gasteiger partial charge < -0.3 is 0 Å². The van der Waals surface area contributed by atoms with Gasteiger partial charge in [-0.05, 0) is 29.0 Å². The molecular weight excluding hydrogens is 252 g/mol. The summed E-state index contributed by atoms with van der Waals surface area (Å²) in [5, 5.41) is 0. The van der Waals surface area contributed by atoms with Gasteiger partial charge in [-0.3, -0.25) is 0 Å². The van der Waals surface area contributed by atoms with Crippen molar-refractivity contribution in [2.24, 2.45) is 5.92 Å². The van der Waals surface area contributed by atoms with E-state index < -0.39 is 0 Å². The summed E-state index contributed by atoms with van der Waals surface area (Å²) in [7, 11) is 0. The van der Waals surface area contributed by atoms with Crippen LogP contribution in [0.2, 0.25) is 0 Å². The fourth-order valence-electron chi connectivity index (χ4n) is 3.27. The van der Waals surface area contributed by atoms with Crippen LogP contribution in [0.1, 0.15) is 37.3 Å². The molecule has 0 unspecified atom stereocenters. The molecule has 0 radical (unpaired) electrons. The fourth-order valence-corrected chi connectivity index (χ4v) is 3.27. The predicted octanol–water partition coefficient (Wildman–Crippen LogP) is 5.73. The van der Waals surface area contributed by atoms with Gasteiger partial charge in [-0.2, -0.15) is 0 Å². The zero-order chi connectivity index (χ0) is 14.7. The van der Waals surface area contributed by atoms with Crippen LogP contribution in [-0.4, -0.2) is 0 Å². The van der Waals surface area contributed by atoms with Crippen LogP contribution in [0, 0.1) is 5.92 Å². The summed E-state index contributed by atoms with van der Waals surface area (Å²) in [5.74, 6) is 0.952. The summed E-state index contributed by atoms with van der Waals surface area (Å²) < 4.78 is 0. The van der Waals surface area contributed by atoms with Crippen molar-refractivity contribution in [3.8, 4) is 0 Å². The van der Waals surface area contributed by atoms with E-state index in [1.54, 1.807) is 5.57 Å². The maximum Gasteiger partial charge on any atom is 0.0307 e. The fraction of sp³-hybridized carbons (Fsp3) is 0.238. The van der Waals surface area contributed by atoms with Gasteiger partial charge in [0.1, 0.15) is 0 Å². The van der Waals surface area contributed by atoms with Crippen molar-refractivity contribution in [1.29, 1.82) is 0 Å². The van der Waals surface area contributed by atoms with Crippen LogP contribution in [0.3, 0.4) is 0 Å². The Hall–Kier alpha value is -2.08. The molecule has 21 heavy (non-hydrogen) atoms. The van der Waals surface area contributed by atoms with Crippen LogP contribution in [0.5, 0.6) is 0 Å². The van der Waals surface area contributed by atoms with Gasteiger partial charge in [0.05, 0.1) is 0 Å². The molecule has 0 nitrogen and oxygen atoms in total. The van der Waals surface area contributed by atoms with Gasteiger partial charge in [-0.15, -0.1) is 0 Å². The third-order valence-corrected chi connectivity index (χ3v) is 4.24. The third kappa shape index (κ3) is 2.85. The van der Waals surface area contributed by atoms with Crippen LogP contribution < -0.4 is 0 Å². The summed E-state index contributed by atoms with van der Waals surface area (Å²) in [6.07, 6.45) is 5.70. The van der Waals surface area contributed by atoms with Crippen molar-refractivity contribution in [1.82, 2.24) is 0 Å². The monoisotopic (exact) mass is 274 g/mol. The average Bonchev–Trinajstić information content (AvgIpc) is 2.99. The molecule has 0 aliphatic heterocycles. The number of rotatable bonds is 4. The van der Waals surface area contributed by atoms with Crippen molar-refractivity contribution in [2.45, 2.75) is 26.2 Å². The normalized spacial score (nSPS) is 14.5. The van der Waals surface area contributed by atoms with Gasteiger partial charge in [0.2, 0.25) is 0 Å². The molecule has 2 aromatic rings. The minimum absolute atomic E-state index is 0.375. The Morgan fingerprint density at radius 1 is 0.762 bits per heavy atom. The molecule has 0 heteroatoms. The Morgan fingerprint density at radius 2 is 1.29 bits per heavy atom. The number of hydrogen-bond acceptors (Lipinski definition) is 0. The number of benzene rings is 2. The molecule has 0 aromatic heterocycles. The largest absolute Gasteiger partial charge is 0.0801 e. The summed E-state index contributed by atoms with van der Waals surface area (Å²) in [6.45, 7) is 4.58. The van der Waals surface area contributed by atoms with Crippen molar-refractivity contribution >= 4 is 0 Å². The highest BCUT2D eigenvalue weighted by Gasteiger charge is 2.23. The molecule has 1 aliphatic rings. The van der Waals surface area contributed by atoms with Gasteiger partial charge in [0.15, 0.2) is 0 Å². The van der Waals surface area contributed by atoms with E-state index in [0.717, 1.165) is 6.42 Å². The lowest BCUT2D eigenvalue weighted by Crippen LogP contribution is -2.07. The van der Waals surface area contributed by atoms with Crippen LogP contribution in [0.15, 0.2) is 84.0 Å². The molecule has 106 valence electrons. The standard InChI is InChI=1S/C21H22/c1-16(2)19-14-9-15-20(19)21(17-10-5-3-6-11-17)18-12-7-4-8-13-18/h3-14,16,21H,15H2,1-2H3. The second-order valence-electron chi connectivity index (χ2n) is 6.00. The first-order valence-corrected chi connectivity index (χ1v) is 7.76. The van der Waals surface area contributed by atoms with E-state index in [-0.39, 0.29) is 0 Å². The van der Waals surface area contributed by atoms with E-state index in [4.69, 9.17) is 0 Å². The van der Waals surface area contributed by atoms with Crippen molar-refractivity contribution < 1.29 is 0 Å². The van der Waals surface area contributed by atoms with E-state index in [1.165, 1.54) is 16.7 Å². The summed E-state index contributed by atoms with van der Waals surface area (Å²) in [6, 6.07) is 21.8. The van der Waals surface area contributed by atoms with Crippen LogP contribution >= 0.6 is 0 Å². The zero-order valence-electron chi connectivity index (χ0n) is 12.8. The smallest absolute Gasteiger partial charge is 0.0307 e. The van der Waals surface area contributed by atoms with Gasteiger partial charge in [0.25, 0.3) is 0 Å². The van der Waals surface area contributed by atoms with Crippen molar-refractivity contribution in [2.75, 3.05) is 0 Å². The number of allylic oxidation sites excluding steroid dienone is 4. The highest BCUT2D eigenvalue weighted by atomic mass is 14.3. The van der Waals surface area contributed by atoms with Crippen LogP contribution in [0.4, 0.5) is 0 Å². The topological polar surface area (TPSA) is 0 Å². The van der Waals surface area contributed by atoms with Gasteiger partial charge in [0, 0.05) is 5.92 Å². The molecule has 0 bridgehead atoms. The van der Waals surface area contributed by atoms with E-state index in [0.29, 0.717) is 11.8 Å². The Kier molecular flexibility index (Phi) is 4.06. The maximum absolute atomic E-state index is 2.32. The average molecular weight is 274 g/mol. The lowest BCUT2D eigenvalue weighted by atomic mass is 9.81. The first-order valence-electron chi connectivity index (χ1n) is 7.76. The lowest BCUT2D eigenvalue weighted by Gasteiger charge is -2.23. The molecular formula is C21H22. The molecule has 1 aliphatic carbocycles. The Labute approximate surface area is 127 Å². The van der Waals surface area contributed by atoms with Crippen LogP contribution in [0.25, 0.3) is 0 Å². The van der Waals surface area contributed by atoms with Gasteiger partial charge >= 0.3 is 0 Å². The van der Waals surface area contributed by atoms with E-state index in [9.17, 15) is 0 Å². The van der Waals surface area contributed by atoms with E-state index in [2.05, 4.69) is 86.7 Å². The van der Waals surface area contributed by atoms with Crippen molar-refractivity contribution in [3.63, 3.8) is 0 Å². The second kappa shape index (κ2) is 6.13. The zero-order valence-corrected chi connectivity index (χ0v) is 12.8. The maximum atomic E-state index is 2.32. The third-order valence-electron chi connectivity index (χ3n) is 4.24. The first-order chi connectivity index (χ1) is 10.3. The Morgan fingerprint density at radius 3 is 1.76 bits per heavy atom. The highest BCUT2D eigenvalue weighted by molar-refractivity contribution is 5.48. The molecule has 0 heterocycles. The molecule has 2 aromatic carbocycles. The first kappa shape index (κ1) is 13.9. The molecule has 0 saturated carbocycles. The minimum Gasteiger partial charge on any atom is -0.0801 e.